The fourth-order valence-electron chi connectivity index (χ4n) is 1.96. The second kappa shape index (κ2) is 7.33. The molecule has 1 amide bonds. The quantitative estimate of drug-likeness (QED) is 0.891. The molecule has 0 aromatic heterocycles. The molecule has 1 atom stereocenters. The maximum atomic E-state index is 13.0. The number of hydrogen-bond acceptors (Lipinski definition) is 2. The molecule has 2 aromatic carbocycles. The topological polar surface area (TPSA) is 38.3 Å². The Balaban J connectivity index is 2.03. The highest BCUT2D eigenvalue weighted by atomic mass is 79.9. The van der Waals surface area contributed by atoms with E-state index in [0.717, 1.165) is 5.56 Å². The molecule has 0 aliphatic carbocycles. The first-order chi connectivity index (χ1) is 10.1. The van der Waals surface area contributed by atoms with Crippen molar-refractivity contribution in [3.05, 3.63) is 69.9 Å². The second-order valence-electron chi connectivity index (χ2n) is 4.47. The average Bonchev–Trinajstić information content (AvgIpc) is 2.48. The van der Waals surface area contributed by atoms with Gasteiger partial charge >= 0.3 is 0 Å². The molecule has 0 heterocycles. The molecule has 5 heteroatoms. The molecular weight excluding hydrogens is 337 g/mol. The molecule has 2 rings (SSSR count). The van der Waals surface area contributed by atoms with Crippen LogP contribution in [0.4, 0.5) is 4.39 Å². The van der Waals surface area contributed by atoms with Crippen molar-refractivity contribution in [1.82, 2.24) is 5.32 Å². The van der Waals surface area contributed by atoms with E-state index in [1.807, 2.05) is 30.3 Å². The zero-order valence-corrected chi connectivity index (χ0v) is 13.1. The van der Waals surface area contributed by atoms with Crippen LogP contribution in [0.15, 0.2) is 53.0 Å². The predicted octanol–water partition coefficient (Wildman–Crippen LogP) is 3.71. The molecule has 2 aromatic rings. The van der Waals surface area contributed by atoms with Gasteiger partial charge in [-0.05, 0) is 39.7 Å². The van der Waals surface area contributed by atoms with Gasteiger partial charge in [0, 0.05) is 18.1 Å². The van der Waals surface area contributed by atoms with Gasteiger partial charge in [-0.2, -0.15) is 0 Å². The minimum atomic E-state index is -0.391. The minimum absolute atomic E-state index is 0.227. The monoisotopic (exact) mass is 351 g/mol. The van der Waals surface area contributed by atoms with Gasteiger partial charge in [-0.15, -0.1) is 0 Å². The van der Waals surface area contributed by atoms with Gasteiger partial charge in [0.2, 0.25) is 0 Å². The van der Waals surface area contributed by atoms with Crippen LogP contribution in [0.3, 0.4) is 0 Å². The van der Waals surface area contributed by atoms with Crippen LogP contribution in [-0.4, -0.2) is 19.6 Å². The third-order valence-corrected chi connectivity index (χ3v) is 3.74. The summed E-state index contributed by atoms with van der Waals surface area (Å²) in [6.07, 6.45) is -0.227. The number of halogens is 2. The Morgan fingerprint density at radius 3 is 2.62 bits per heavy atom. The Morgan fingerprint density at radius 2 is 2.00 bits per heavy atom. The normalized spacial score (nSPS) is 12.0. The number of rotatable bonds is 5. The largest absolute Gasteiger partial charge is 0.375 e. The van der Waals surface area contributed by atoms with Crippen molar-refractivity contribution in [1.29, 1.82) is 0 Å². The van der Waals surface area contributed by atoms with Crippen LogP contribution < -0.4 is 5.32 Å². The SMILES string of the molecule is COC(CNC(=O)c1ccc(F)cc1Br)c1ccccc1. The molecule has 0 aliphatic rings. The van der Waals surface area contributed by atoms with Crippen molar-refractivity contribution >= 4 is 21.8 Å². The number of hydrogen-bond donors (Lipinski definition) is 1. The van der Waals surface area contributed by atoms with E-state index >= 15 is 0 Å². The molecule has 110 valence electrons. The molecule has 21 heavy (non-hydrogen) atoms. The zero-order chi connectivity index (χ0) is 15.2. The van der Waals surface area contributed by atoms with Crippen LogP contribution in [0.5, 0.6) is 0 Å². The molecule has 1 N–H and O–H groups in total. The van der Waals surface area contributed by atoms with Crippen LogP contribution in [-0.2, 0) is 4.74 Å². The van der Waals surface area contributed by atoms with E-state index in [0.29, 0.717) is 16.6 Å². The fourth-order valence-corrected chi connectivity index (χ4v) is 2.49. The van der Waals surface area contributed by atoms with Crippen molar-refractivity contribution in [2.45, 2.75) is 6.10 Å². The summed E-state index contributed by atoms with van der Waals surface area (Å²) in [5, 5.41) is 2.79. The summed E-state index contributed by atoms with van der Waals surface area (Å²) in [5.41, 5.74) is 1.37. The summed E-state index contributed by atoms with van der Waals surface area (Å²) in [5.74, 6) is -0.669. The standard InChI is InChI=1S/C16H15BrFNO2/c1-21-15(11-5-3-2-4-6-11)10-19-16(20)13-8-7-12(18)9-14(13)17/h2-9,15H,10H2,1H3,(H,19,20). The zero-order valence-electron chi connectivity index (χ0n) is 11.5. The Kier molecular flexibility index (Phi) is 5.47. The van der Waals surface area contributed by atoms with Gasteiger partial charge in [-0.3, -0.25) is 4.79 Å². The van der Waals surface area contributed by atoms with Crippen molar-refractivity contribution in [2.75, 3.05) is 13.7 Å². The maximum absolute atomic E-state index is 13.0. The molecule has 3 nitrogen and oxygen atoms in total. The van der Waals surface area contributed by atoms with Crippen molar-refractivity contribution < 1.29 is 13.9 Å². The summed E-state index contributed by atoms with van der Waals surface area (Å²) in [7, 11) is 1.59. The van der Waals surface area contributed by atoms with E-state index in [4.69, 9.17) is 4.74 Å². The third kappa shape index (κ3) is 4.12. The van der Waals surface area contributed by atoms with E-state index in [1.54, 1.807) is 7.11 Å². The first-order valence-corrected chi connectivity index (χ1v) is 7.22. The van der Waals surface area contributed by atoms with Gasteiger partial charge in [0.15, 0.2) is 0 Å². The molecule has 0 bridgehead atoms. The van der Waals surface area contributed by atoms with Gasteiger partial charge < -0.3 is 10.1 Å². The number of methoxy groups -OCH3 is 1. The Labute approximate surface area is 131 Å². The van der Waals surface area contributed by atoms with Crippen LogP contribution in [0.1, 0.15) is 22.0 Å². The molecule has 0 saturated carbocycles. The first-order valence-electron chi connectivity index (χ1n) is 6.43. The average molecular weight is 352 g/mol. The summed E-state index contributed by atoms with van der Waals surface area (Å²) in [6, 6.07) is 13.6. The van der Waals surface area contributed by atoms with Gasteiger partial charge in [0.25, 0.3) is 5.91 Å². The van der Waals surface area contributed by atoms with Gasteiger partial charge in [-0.1, -0.05) is 30.3 Å². The lowest BCUT2D eigenvalue weighted by molar-refractivity contribution is 0.0827. The van der Waals surface area contributed by atoms with Gasteiger partial charge in [0.1, 0.15) is 5.82 Å². The van der Waals surface area contributed by atoms with Gasteiger partial charge in [-0.25, -0.2) is 4.39 Å². The highest BCUT2D eigenvalue weighted by molar-refractivity contribution is 9.10. The Bertz CT molecular complexity index is 619. The highest BCUT2D eigenvalue weighted by Crippen LogP contribution is 2.19. The lowest BCUT2D eigenvalue weighted by atomic mass is 10.1. The van der Waals surface area contributed by atoms with E-state index in [2.05, 4.69) is 21.2 Å². The van der Waals surface area contributed by atoms with E-state index < -0.39 is 5.82 Å². The molecule has 0 saturated heterocycles. The number of amides is 1. The minimum Gasteiger partial charge on any atom is -0.375 e. The summed E-state index contributed by atoms with van der Waals surface area (Å²) in [4.78, 5) is 12.1. The highest BCUT2D eigenvalue weighted by Gasteiger charge is 2.14. The van der Waals surface area contributed by atoms with Crippen LogP contribution in [0.25, 0.3) is 0 Å². The van der Waals surface area contributed by atoms with Crippen LogP contribution in [0, 0.1) is 5.82 Å². The van der Waals surface area contributed by atoms with Crippen LogP contribution in [0.2, 0.25) is 0 Å². The number of benzene rings is 2. The molecule has 0 spiro atoms. The number of ether oxygens (including phenoxy) is 1. The lowest BCUT2D eigenvalue weighted by Gasteiger charge is -2.16. The smallest absolute Gasteiger partial charge is 0.252 e. The first kappa shape index (κ1) is 15.7. The van der Waals surface area contributed by atoms with E-state index in [9.17, 15) is 9.18 Å². The number of carbonyl (C=O) groups excluding carboxylic acids is 1. The predicted molar refractivity (Wildman–Crippen MR) is 82.6 cm³/mol. The van der Waals surface area contributed by atoms with E-state index in [1.165, 1.54) is 18.2 Å². The van der Waals surface area contributed by atoms with Crippen molar-refractivity contribution in [2.24, 2.45) is 0 Å². The van der Waals surface area contributed by atoms with Crippen molar-refractivity contribution in [3.8, 4) is 0 Å². The van der Waals surface area contributed by atoms with Crippen molar-refractivity contribution in [3.63, 3.8) is 0 Å². The molecule has 0 aliphatic heterocycles. The second-order valence-corrected chi connectivity index (χ2v) is 5.32. The Morgan fingerprint density at radius 1 is 1.29 bits per heavy atom. The third-order valence-electron chi connectivity index (χ3n) is 3.08. The summed E-state index contributed by atoms with van der Waals surface area (Å²) < 4.78 is 18.8. The summed E-state index contributed by atoms with van der Waals surface area (Å²) >= 11 is 3.18. The molecule has 1 unspecified atom stereocenters. The number of carbonyl (C=O) groups is 1. The summed E-state index contributed by atoms with van der Waals surface area (Å²) in [6.45, 7) is 0.336. The van der Waals surface area contributed by atoms with Gasteiger partial charge in [0.05, 0.1) is 11.7 Å². The molecule has 0 fully saturated rings. The molecule has 0 radical (unpaired) electrons. The van der Waals surface area contributed by atoms with Crippen LogP contribution >= 0.6 is 15.9 Å². The fraction of sp³-hybridized carbons (Fsp3) is 0.188. The lowest BCUT2D eigenvalue weighted by Crippen LogP contribution is -2.29. The number of nitrogens with one attached hydrogen (secondary N) is 1. The maximum Gasteiger partial charge on any atom is 0.252 e. The Hall–Kier alpha value is -1.72. The molecular formula is C16H15BrFNO2. The van der Waals surface area contributed by atoms with E-state index in [-0.39, 0.29) is 12.0 Å².